The molecule has 0 aliphatic carbocycles. The number of carbonyl (C=O) groups is 1. The van der Waals surface area contributed by atoms with E-state index >= 15 is 0 Å². The van der Waals surface area contributed by atoms with Crippen molar-refractivity contribution in [2.45, 2.75) is 19.9 Å². The van der Waals surface area contributed by atoms with Gasteiger partial charge in [-0.25, -0.2) is 14.1 Å². The Balaban J connectivity index is 2.25. The van der Waals surface area contributed by atoms with E-state index in [1.165, 1.54) is 24.5 Å². The molecule has 0 radical (unpaired) electrons. The molecule has 1 aromatic carbocycles. The molecule has 18 heavy (non-hydrogen) atoms. The van der Waals surface area contributed by atoms with Crippen LogP contribution in [0.25, 0.3) is 0 Å². The Hall–Kier alpha value is -1.56. The Kier molecular flexibility index (Phi) is 3.86. The third-order valence-corrected chi connectivity index (χ3v) is 3.23. The molecule has 1 heterocycles. The zero-order chi connectivity index (χ0) is 13.1. The first-order valence-corrected chi connectivity index (χ1v) is 6.26. The summed E-state index contributed by atoms with van der Waals surface area (Å²) in [4.78, 5) is 16.1. The number of aryl methyl sites for hydroxylation is 1. The average molecular weight is 312 g/mol. The summed E-state index contributed by atoms with van der Waals surface area (Å²) in [5, 5.41) is 3.99. The fraction of sp³-hybridized carbons (Fsp3) is 0.250. The van der Waals surface area contributed by atoms with E-state index in [1.807, 2.05) is 6.92 Å². The van der Waals surface area contributed by atoms with Gasteiger partial charge in [-0.05, 0) is 25.1 Å². The number of carbonyl (C=O) groups excluding carboxylic acids is 1. The lowest BCUT2D eigenvalue weighted by molar-refractivity contribution is 0.0988. The molecule has 0 aliphatic rings. The topological polar surface area (TPSA) is 47.8 Å². The van der Waals surface area contributed by atoms with Crippen LogP contribution >= 0.6 is 15.9 Å². The van der Waals surface area contributed by atoms with E-state index in [0.29, 0.717) is 22.4 Å². The van der Waals surface area contributed by atoms with Gasteiger partial charge in [0.1, 0.15) is 18.0 Å². The molecule has 2 rings (SSSR count). The van der Waals surface area contributed by atoms with Crippen molar-refractivity contribution in [3.05, 3.63) is 46.2 Å². The quantitative estimate of drug-likeness (QED) is 0.816. The first-order chi connectivity index (χ1) is 8.61. The largest absolute Gasteiger partial charge is 0.294 e. The number of Topliss-reactive ketones (excluding diaryl/α,β-unsaturated/α-hetero) is 1. The van der Waals surface area contributed by atoms with E-state index in [4.69, 9.17) is 0 Å². The van der Waals surface area contributed by atoms with Gasteiger partial charge < -0.3 is 0 Å². The summed E-state index contributed by atoms with van der Waals surface area (Å²) in [5.41, 5.74) is 0.320. The standard InChI is InChI=1S/C12H11BrFN3O/c1-2-17-12(15-7-16-17)6-11(18)9-5-8(14)3-4-10(9)13/h3-5,7H,2,6H2,1H3. The summed E-state index contributed by atoms with van der Waals surface area (Å²) < 4.78 is 15.3. The van der Waals surface area contributed by atoms with Crippen molar-refractivity contribution in [2.24, 2.45) is 0 Å². The minimum absolute atomic E-state index is 0.107. The summed E-state index contributed by atoms with van der Waals surface area (Å²) in [6, 6.07) is 4.04. The molecule has 0 spiro atoms. The van der Waals surface area contributed by atoms with E-state index in [2.05, 4.69) is 26.0 Å². The predicted octanol–water partition coefficient (Wildman–Crippen LogP) is 2.63. The van der Waals surface area contributed by atoms with Gasteiger partial charge >= 0.3 is 0 Å². The van der Waals surface area contributed by atoms with Gasteiger partial charge in [0.05, 0.1) is 6.42 Å². The second-order valence-electron chi connectivity index (χ2n) is 3.72. The maximum Gasteiger partial charge on any atom is 0.171 e. The maximum absolute atomic E-state index is 13.1. The van der Waals surface area contributed by atoms with Gasteiger partial charge in [0, 0.05) is 16.6 Å². The second kappa shape index (κ2) is 5.39. The van der Waals surface area contributed by atoms with Crippen LogP contribution < -0.4 is 0 Å². The fourth-order valence-electron chi connectivity index (χ4n) is 1.64. The van der Waals surface area contributed by atoms with Crippen LogP contribution in [0.5, 0.6) is 0 Å². The molecule has 0 atom stereocenters. The summed E-state index contributed by atoms with van der Waals surface area (Å²) in [5.74, 6) is -0.0405. The number of nitrogens with zero attached hydrogens (tertiary/aromatic N) is 3. The number of ketones is 1. The molecule has 1 aromatic heterocycles. The molecule has 0 N–H and O–H groups in total. The number of rotatable bonds is 4. The minimum atomic E-state index is -0.432. The SMILES string of the molecule is CCn1ncnc1CC(=O)c1cc(F)ccc1Br. The Morgan fingerprint density at radius 3 is 3.00 bits per heavy atom. The smallest absolute Gasteiger partial charge is 0.171 e. The van der Waals surface area contributed by atoms with E-state index < -0.39 is 5.82 Å². The molecule has 6 heteroatoms. The van der Waals surface area contributed by atoms with Crippen molar-refractivity contribution in [3.8, 4) is 0 Å². The highest BCUT2D eigenvalue weighted by Crippen LogP contribution is 2.19. The Morgan fingerprint density at radius 2 is 2.28 bits per heavy atom. The lowest BCUT2D eigenvalue weighted by Crippen LogP contribution is -2.11. The first-order valence-electron chi connectivity index (χ1n) is 5.46. The lowest BCUT2D eigenvalue weighted by atomic mass is 10.1. The van der Waals surface area contributed by atoms with Gasteiger partial charge in [-0.15, -0.1) is 0 Å². The van der Waals surface area contributed by atoms with E-state index in [-0.39, 0.29) is 12.2 Å². The van der Waals surface area contributed by atoms with Gasteiger partial charge in [0.2, 0.25) is 0 Å². The molecule has 0 saturated heterocycles. The number of hydrogen-bond donors (Lipinski definition) is 0. The molecule has 0 amide bonds. The zero-order valence-electron chi connectivity index (χ0n) is 9.73. The summed E-state index contributed by atoms with van der Waals surface area (Å²) in [6.07, 6.45) is 1.52. The maximum atomic E-state index is 13.1. The van der Waals surface area contributed by atoms with Crippen LogP contribution in [-0.2, 0) is 13.0 Å². The number of halogens is 2. The van der Waals surface area contributed by atoms with Gasteiger partial charge in [-0.1, -0.05) is 15.9 Å². The molecule has 0 unspecified atom stereocenters. The molecule has 4 nitrogen and oxygen atoms in total. The monoisotopic (exact) mass is 311 g/mol. The van der Waals surface area contributed by atoms with Gasteiger partial charge in [-0.3, -0.25) is 4.79 Å². The lowest BCUT2D eigenvalue weighted by Gasteiger charge is -2.05. The number of hydrogen-bond acceptors (Lipinski definition) is 3. The van der Waals surface area contributed by atoms with Crippen molar-refractivity contribution in [1.82, 2.24) is 14.8 Å². The van der Waals surface area contributed by atoms with Crippen LogP contribution in [-0.4, -0.2) is 20.5 Å². The normalized spacial score (nSPS) is 10.6. The van der Waals surface area contributed by atoms with Crippen molar-refractivity contribution in [3.63, 3.8) is 0 Å². The van der Waals surface area contributed by atoms with Crippen molar-refractivity contribution < 1.29 is 9.18 Å². The Bertz CT molecular complexity index is 582. The van der Waals surface area contributed by atoms with E-state index in [9.17, 15) is 9.18 Å². The summed E-state index contributed by atoms with van der Waals surface area (Å²) >= 11 is 3.24. The van der Waals surface area contributed by atoms with Crippen molar-refractivity contribution >= 4 is 21.7 Å². The summed E-state index contributed by atoms with van der Waals surface area (Å²) in [6.45, 7) is 2.56. The first kappa shape index (κ1) is 12.9. The highest BCUT2D eigenvalue weighted by atomic mass is 79.9. The summed E-state index contributed by atoms with van der Waals surface area (Å²) in [7, 11) is 0. The van der Waals surface area contributed by atoms with Crippen LogP contribution in [0.3, 0.4) is 0 Å². The van der Waals surface area contributed by atoms with E-state index in [0.717, 1.165) is 0 Å². The van der Waals surface area contributed by atoms with Crippen LogP contribution in [0.4, 0.5) is 4.39 Å². The van der Waals surface area contributed by atoms with Crippen LogP contribution in [0.1, 0.15) is 23.1 Å². The molecule has 94 valence electrons. The molecular weight excluding hydrogens is 301 g/mol. The highest BCUT2D eigenvalue weighted by Gasteiger charge is 2.15. The Labute approximate surface area is 112 Å². The van der Waals surface area contributed by atoms with Crippen LogP contribution in [0.2, 0.25) is 0 Å². The van der Waals surface area contributed by atoms with Gasteiger partial charge in [-0.2, -0.15) is 5.10 Å². The molecule has 0 saturated carbocycles. The molecule has 0 fully saturated rings. The fourth-order valence-corrected chi connectivity index (χ4v) is 2.11. The molecular formula is C12H11BrFN3O. The second-order valence-corrected chi connectivity index (χ2v) is 4.57. The zero-order valence-corrected chi connectivity index (χ0v) is 11.3. The molecule has 0 aliphatic heterocycles. The van der Waals surface area contributed by atoms with Crippen molar-refractivity contribution in [2.75, 3.05) is 0 Å². The number of aromatic nitrogens is 3. The Morgan fingerprint density at radius 1 is 1.50 bits per heavy atom. The molecule has 2 aromatic rings. The third kappa shape index (κ3) is 2.64. The average Bonchev–Trinajstić information content (AvgIpc) is 2.79. The predicted molar refractivity (Wildman–Crippen MR) is 67.8 cm³/mol. The molecule has 0 bridgehead atoms. The van der Waals surface area contributed by atoms with Gasteiger partial charge in [0.15, 0.2) is 5.78 Å². The number of benzene rings is 1. The van der Waals surface area contributed by atoms with Gasteiger partial charge in [0.25, 0.3) is 0 Å². The van der Waals surface area contributed by atoms with Crippen molar-refractivity contribution in [1.29, 1.82) is 0 Å². The minimum Gasteiger partial charge on any atom is -0.294 e. The third-order valence-electron chi connectivity index (χ3n) is 2.54. The van der Waals surface area contributed by atoms with Crippen LogP contribution in [0.15, 0.2) is 29.0 Å². The van der Waals surface area contributed by atoms with Crippen LogP contribution in [0, 0.1) is 5.82 Å². The van der Waals surface area contributed by atoms with E-state index in [1.54, 1.807) is 4.68 Å². The highest BCUT2D eigenvalue weighted by molar-refractivity contribution is 9.10.